The Hall–Kier alpha value is -6.71. The molecule has 7 rings (SSSR count). The number of ketones is 2. The zero-order valence-corrected chi connectivity index (χ0v) is 37.9. The lowest BCUT2D eigenvalue weighted by Crippen LogP contribution is -2.47. The first-order chi connectivity index (χ1) is 32.3. The van der Waals surface area contributed by atoms with Crippen molar-refractivity contribution >= 4 is 46.3 Å². The van der Waals surface area contributed by atoms with Crippen LogP contribution in [0.25, 0.3) is 33.4 Å². The number of aromatic carboxylic acids is 1. The number of aromatic hydroxyl groups is 1. The maximum absolute atomic E-state index is 14.2. The zero-order valence-electron chi connectivity index (χ0n) is 37.9. The number of morpholine rings is 1. The SMILES string of the molecule is Cc1cccc(C)c1C(=O)OCC(=O)[C@H](CCCNCC(=O)c1ccc(-c2c3ccc(=O)cc-3oc3cc(O)ccc23)c(C(=O)O)c1)NC(=O)[C@@H](CC(=O)N1CCOCC1)CC1CCCCC1. The molecule has 4 N–H and O–H groups in total. The highest BCUT2D eigenvalue weighted by Gasteiger charge is 2.32. The molecule has 15 nitrogen and oxygen atoms in total. The summed E-state index contributed by atoms with van der Waals surface area (Å²) in [6.07, 6.45) is 6.14. The molecule has 1 saturated carbocycles. The van der Waals surface area contributed by atoms with Crippen LogP contribution in [0.1, 0.15) is 100.0 Å². The number of hydrogen-bond donors (Lipinski definition) is 4. The second-order valence-corrected chi connectivity index (χ2v) is 17.6. The van der Waals surface area contributed by atoms with Gasteiger partial charge in [-0.15, -0.1) is 0 Å². The Kier molecular flexibility index (Phi) is 16.0. The van der Waals surface area contributed by atoms with Gasteiger partial charge in [0.05, 0.1) is 36.9 Å². The van der Waals surface area contributed by atoms with Crippen molar-refractivity contribution in [2.24, 2.45) is 11.8 Å². The molecule has 67 heavy (non-hydrogen) atoms. The average molecular weight is 916 g/mol. The zero-order chi connectivity index (χ0) is 47.6. The average Bonchev–Trinajstić information content (AvgIpc) is 3.31. The van der Waals surface area contributed by atoms with Gasteiger partial charge >= 0.3 is 11.9 Å². The predicted molar refractivity (Wildman–Crippen MR) is 249 cm³/mol. The summed E-state index contributed by atoms with van der Waals surface area (Å²) >= 11 is 0. The van der Waals surface area contributed by atoms with Gasteiger partial charge in [-0.05, 0) is 92.6 Å². The highest BCUT2D eigenvalue weighted by atomic mass is 16.5. The van der Waals surface area contributed by atoms with Crippen molar-refractivity contribution in [1.82, 2.24) is 15.5 Å². The molecule has 2 amide bonds. The van der Waals surface area contributed by atoms with Gasteiger partial charge in [0.25, 0.3) is 0 Å². The molecule has 4 aliphatic rings. The van der Waals surface area contributed by atoms with E-state index >= 15 is 0 Å². The number of nitrogens with one attached hydrogen (secondary N) is 2. The third kappa shape index (κ3) is 12.0. The minimum Gasteiger partial charge on any atom is -0.508 e. The van der Waals surface area contributed by atoms with E-state index in [0.29, 0.717) is 72.3 Å². The standard InChI is InChI=1S/C52H57N3O12/c1-31-8-6-9-32(2)48(31)52(64)66-30-44(59)42(54-50(61)35(24-33-10-4-3-5-11-33)26-47(60)55-20-22-65-23-21-55)12-7-19-53-29-43(58)34-13-16-38(41(25-34)51(62)63)49-39-17-14-36(56)27-45(39)67-46-28-37(57)15-18-40(46)49/h6,8-9,13-18,25,27-28,33,35,42,53,56H,3-5,7,10-12,19-24,26,29-30H2,1-2H3,(H,54,61)(H,62,63)/t35-,42+/m1/s1. The van der Waals surface area contributed by atoms with Crippen LogP contribution in [0.3, 0.4) is 0 Å². The van der Waals surface area contributed by atoms with Crippen LogP contribution in [0.5, 0.6) is 5.75 Å². The minimum atomic E-state index is -1.29. The Balaban J connectivity index is 1.04. The number of carbonyl (C=O) groups excluding carboxylic acids is 5. The first kappa shape index (κ1) is 48.2. The van der Waals surface area contributed by atoms with E-state index in [1.807, 2.05) is 6.07 Å². The van der Waals surface area contributed by atoms with Crippen LogP contribution in [0.15, 0.2) is 82.0 Å². The molecular weight excluding hydrogens is 859 g/mol. The van der Waals surface area contributed by atoms with Gasteiger partial charge in [0.1, 0.15) is 17.1 Å². The molecule has 2 aliphatic carbocycles. The molecule has 0 aromatic heterocycles. The lowest BCUT2D eigenvalue weighted by atomic mass is 9.81. The third-order valence-electron chi connectivity index (χ3n) is 12.9. The van der Waals surface area contributed by atoms with Crippen LogP contribution >= 0.6 is 0 Å². The number of aryl methyl sites for hydroxylation is 2. The van der Waals surface area contributed by atoms with Gasteiger partial charge in [-0.25, -0.2) is 9.59 Å². The molecule has 0 radical (unpaired) electrons. The molecule has 3 aromatic carbocycles. The first-order valence-electron chi connectivity index (χ1n) is 23.0. The van der Waals surface area contributed by atoms with E-state index in [0.717, 1.165) is 32.1 Å². The number of ether oxygens (including phenoxy) is 2. The fourth-order valence-electron chi connectivity index (χ4n) is 9.31. The molecule has 0 bridgehead atoms. The van der Waals surface area contributed by atoms with E-state index < -0.39 is 48.0 Å². The minimum absolute atomic E-state index is 0.000195. The van der Waals surface area contributed by atoms with Gasteiger partial charge in [0.2, 0.25) is 11.8 Å². The molecular formula is C52H57N3O12. The molecule has 15 heteroatoms. The summed E-state index contributed by atoms with van der Waals surface area (Å²) in [6, 6.07) is 17.3. The smallest absolute Gasteiger partial charge is 0.339 e. The summed E-state index contributed by atoms with van der Waals surface area (Å²) in [5, 5.41) is 27.0. The fourth-order valence-corrected chi connectivity index (χ4v) is 9.31. The lowest BCUT2D eigenvalue weighted by molar-refractivity contribution is -0.140. The Bertz CT molecular complexity index is 2660. The molecule has 2 fully saturated rings. The summed E-state index contributed by atoms with van der Waals surface area (Å²) in [7, 11) is 0. The number of hydrogen-bond acceptors (Lipinski definition) is 12. The second-order valence-electron chi connectivity index (χ2n) is 17.6. The highest BCUT2D eigenvalue weighted by molar-refractivity contribution is 6.09. The molecule has 2 aliphatic heterocycles. The fraction of sp³-hybridized carbons (Fsp3) is 0.404. The van der Waals surface area contributed by atoms with Crippen molar-refractivity contribution in [3.8, 4) is 28.2 Å². The van der Waals surface area contributed by atoms with Crippen molar-refractivity contribution in [3.05, 3.63) is 111 Å². The number of carboxylic acid groups (broad SMARTS) is 1. The number of phenolic OH excluding ortho intramolecular Hbond substituents is 1. The van der Waals surface area contributed by atoms with Crippen molar-refractivity contribution in [2.75, 3.05) is 46.0 Å². The van der Waals surface area contributed by atoms with Crippen LogP contribution in [-0.4, -0.2) is 102 Å². The molecule has 0 unspecified atom stereocenters. The largest absolute Gasteiger partial charge is 0.508 e. The molecule has 352 valence electrons. The second kappa shape index (κ2) is 22.2. The Morgan fingerprint density at radius 3 is 2.34 bits per heavy atom. The van der Waals surface area contributed by atoms with Crippen molar-refractivity contribution in [3.63, 3.8) is 0 Å². The highest BCUT2D eigenvalue weighted by Crippen LogP contribution is 2.42. The van der Waals surface area contributed by atoms with Crippen LogP contribution in [-0.2, 0) is 23.9 Å². The topological polar surface area (TPSA) is 219 Å². The molecule has 1 saturated heterocycles. The van der Waals surface area contributed by atoms with Crippen molar-refractivity contribution in [2.45, 2.75) is 77.7 Å². The first-order valence-corrected chi connectivity index (χ1v) is 23.0. The Morgan fingerprint density at radius 1 is 0.881 bits per heavy atom. The summed E-state index contributed by atoms with van der Waals surface area (Å²) in [4.78, 5) is 95.0. The van der Waals surface area contributed by atoms with Gasteiger partial charge in [-0.1, -0.05) is 62.4 Å². The number of esters is 1. The normalized spacial score (nSPS) is 15.2. The van der Waals surface area contributed by atoms with Crippen LogP contribution in [0.4, 0.5) is 0 Å². The predicted octanol–water partition coefficient (Wildman–Crippen LogP) is 6.88. The Morgan fingerprint density at radius 2 is 1.61 bits per heavy atom. The van der Waals surface area contributed by atoms with Gasteiger partial charge in [0, 0.05) is 59.6 Å². The third-order valence-corrected chi connectivity index (χ3v) is 12.9. The van der Waals surface area contributed by atoms with E-state index in [1.165, 1.54) is 42.5 Å². The van der Waals surface area contributed by atoms with Crippen molar-refractivity contribution in [1.29, 1.82) is 0 Å². The maximum atomic E-state index is 14.2. The van der Waals surface area contributed by atoms with E-state index in [2.05, 4.69) is 10.6 Å². The summed E-state index contributed by atoms with van der Waals surface area (Å²) in [6.45, 7) is 4.78. The van der Waals surface area contributed by atoms with Gasteiger partial charge in [-0.2, -0.15) is 0 Å². The molecule has 0 spiro atoms. The van der Waals surface area contributed by atoms with E-state index in [9.17, 15) is 43.8 Å². The lowest BCUT2D eigenvalue weighted by Gasteiger charge is -2.31. The number of fused-ring (bicyclic) bond motifs is 2. The maximum Gasteiger partial charge on any atom is 0.339 e. The molecule has 2 atom stereocenters. The number of benzene rings is 4. The number of phenols is 1. The Labute approximate surface area is 388 Å². The monoisotopic (exact) mass is 915 g/mol. The van der Waals surface area contributed by atoms with Gasteiger partial charge in [-0.3, -0.25) is 24.0 Å². The summed E-state index contributed by atoms with van der Waals surface area (Å²) < 4.78 is 16.9. The number of carbonyl (C=O) groups is 6. The quantitative estimate of drug-likeness (QED) is 0.0288. The van der Waals surface area contributed by atoms with Crippen LogP contribution < -0.4 is 16.1 Å². The number of rotatable bonds is 19. The van der Waals surface area contributed by atoms with Gasteiger partial charge in [0.15, 0.2) is 23.6 Å². The van der Waals surface area contributed by atoms with Crippen LogP contribution in [0, 0.1) is 25.7 Å². The number of carboxylic acids is 1. The summed E-state index contributed by atoms with van der Waals surface area (Å²) in [5.41, 5.74) is 2.83. The van der Waals surface area contributed by atoms with Crippen LogP contribution in [0.2, 0.25) is 0 Å². The number of Topliss-reactive ketones (excluding diaryl/α,β-unsaturated/α-hetero) is 2. The van der Waals surface area contributed by atoms with Gasteiger partial charge < -0.3 is 39.6 Å². The molecule has 2 heterocycles. The van der Waals surface area contributed by atoms with E-state index in [4.69, 9.17) is 13.9 Å². The van der Waals surface area contributed by atoms with E-state index in [1.54, 1.807) is 43.0 Å². The number of nitrogens with zero attached hydrogens (tertiary/aromatic N) is 1. The van der Waals surface area contributed by atoms with E-state index in [-0.39, 0.29) is 77.0 Å². The van der Waals surface area contributed by atoms with Crippen molar-refractivity contribution < 1.29 is 52.9 Å². The summed E-state index contributed by atoms with van der Waals surface area (Å²) in [5.74, 6) is -3.69. The number of amides is 2. The molecule has 3 aromatic rings.